The molecule has 1 N–H and O–H groups in total. The largest absolute Gasteiger partial charge is 0.454 e. The molecule has 1 amide bonds. The van der Waals surface area contributed by atoms with E-state index in [2.05, 4.69) is 15.6 Å². The van der Waals surface area contributed by atoms with Gasteiger partial charge >= 0.3 is 0 Å². The molecule has 2 heterocycles. The van der Waals surface area contributed by atoms with Crippen molar-refractivity contribution in [2.45, 2.75) is 6.92 Å². The van der Waals surface area contributed by atoms with Crippen molar-refractivity contribution in [3.05, 3.63) is 70.3 Å². The van der Waals surface area contributed by atoms with Crippen LogP contribution >= 0.6 is 11.6 Å². The number of hydrazone groups is 1. The number of halogens is 2. The summed E-state index contributed by atoms with van der Waals surface area (Å²) in [7, 11) is 0. The molecule has 9 heteroatoms. The zero-order valence-corrected chi connectivity index (χ0v) is 15.4. The van der Waals surface area contributed by atoms with E-state index in [0.29, 0.717) is 39.2 Å². The lowest BCUT2D eigenvalue weighted by molar-refractivity contribution is 0.0954. The molecule has 1 aromatic heterocycles. The fourth-order valence-electron chi connectivity index (χ4n) is 2.67. The highest BCUT2D eigenvalue weighted by atomic mass is 35.5. The zero-order chi connectivity index (χ0) is 19.7. The van der Waals surface area contributed by atoms with Crippen molar-refractivity contribution in [1.82, 2.24) is 15.2 Å². The molecule has 4 rings (SSSR count). The summed E-state index contributed by atoms with van der Waals surface area (Å²) < 4.78 is 25.0. The van der Waals surface area contributed by atoms with E-state index in [-0.39, 0.29) is 12.6 Å². The van der Waals surface area contributed by atoms with Gasteiger partial charge in [-0.15, -0.1) is 0 Å². The Morgan fingerprint density at radius 3 is 2.79 bits per heavy atom. The normalized spacial score (nSPS) is 12.5. The maximum absolute atomic E-state index is 13.1. The zero-order valence-electron chi connectivity index (χ0n) is 14.6. The van der Waals surface area contributed by atoms with Crippen LogP contribution in [0.2, 0.25) is 5.15 Å². The number of aryl methyl sites for hydroxylation is 1. The number of aromatic nitrogens is 2. The Kier molecular flexibility index (Phi) is 4.70. The van der Waals surface area contributed by atoms with Crippen molar-refractivity contribution in [2.24, 2.45) is 5.10 Å². The Balaban J connectivity index is 1.50. The Morgan fingerprint density at radius 1 is 1.25 bits per heavy atom. The lowest BCUT2D eigenvalue weighted by Crippen LogP contribution is -2.17. The van der Waals surface area contributed by atoms with Crippen LogP contribution in [0.5, 0.6) is 11.5 Å². The number of nitrogens with zero attached hydrogens (tertiary/aromatic N) is 3. The van der Waals surface area contributed by atoms with E-state index in [0.717, 1.165) is 0 Å². The molecule has 1 aliphatic heterocycles. The summed E-state index contributed by atoms with van der Waals surface area (Å²) in [5, 5.41) is 8.59. The summed E-state index contributed by atoms with van der Waals surface area (Å²) in [4.78, 5) is 12.3. The Morgan fingerprint density at radius 2 is 2.00 bits per heavy atom. The number of carbonyl (C=O) groups excluding carboxylic acids is 1. The number of amides is 1. The van der Waals surface area contributed by atoms with Crippen LogP contribution in [0.3, 0.4) is 0 Å². The van der Waals surface area contributed by atoms with Crippen molar-refractivity contribution in [2.75, 3.05) is 6.79 Å². The molecule has 28 heavy (non-hydrogen) atoms. The van der Waals surface area contributed by atoms with E-state index in [1.165, 1.54) is 23.0 Å². The number of ether oxygens (including phenoxy) is 2. The van der Waals surface area contributed by atoms with Gasteiger partial charge in [-0.25, -0.2) is 14.5 Å². The Labute approximate surface area is 164 Å². The van der Waals surface area contributed by atoms with Gasteiger partial charge in [-0.1, -0.05) is 11.6 Å². The second-order valence-electron chi connectivity index (χ2n) is 5.95. The summed E-state index contributed by atoms with van der Waals surface area (Å²) in [6.45, 7) is 1.89. The highest BCUT2D eigenvalue weighted by Crippen LogP contribution is 2.32. The van der Waals surface area contributed by atoms with Crippen molar-refractivity contribution >= 4 is 23.7 Å². The molecule has 7 nitrogen and oxygen atoms in total. The van der Waals surface area contributed by atoms with Crippen LogP contribution in [0.25, 0.3) is 5.69 Å². The first-order valence-corrected chi connectivity index (χ1v) is 8.65. The topological polar surface area (TPSA) is 77.7 Å². The number of hydrogen-bond acceptors (Lipinski definition) is 5. The minimum absolute atomic E-state index is 0.133. The van der Waals surface area contributed by atoms with Crippen LogP contribution in [0.1, 0.15) is 21.6 Å². The smallest absolute Gasteiger partial charge is 0.271 e. The Bertz CT molecular complexity index is 1080. The number of fused-ring (bicyclic) bond motifs is 1. The maximum atomic E-state index is 13.1. The van der Waals surface area contributed by atoms with Crippen LogP contribution in [0.15, 0.2) is 47.6 Å². The van der Waals surface area contributed by atoms with Crippen molar-refractivity contribution < 1.29 is 18.7 Å². The van der Waals surface area contributed by atoms with Gasteiger partial charge in [0.25, 0.3) is 5.91 Å². The lowest BCUT2D eigenvalue weighted by atomic mass is 10.2. The van der Waals surface area contributed by atoms with E-state index in [9.17, 15) is 9.18 Å². The second-order valence-corrected chi connectivity index (χ2v) is 6.30. The summed E-state index contributed by atoms with van der Waals surface area (Å²) in [5.74, 6) is 0.345. The molecule has 1 aliphatic rings. The minimum atomic E-state index is -0.408. The first kappa shape index (κ1) is 18.0. The van der Waals surface area contributed by atoms with Crippen LogP contribution in [0, 0.1) is 12.7 Å². The van der Waals surface area contributed by atoms with Gasteiger partial charge in [0.15, 0.2) is 11.5 Å². The van der Waals surface area contributed by atoms with Gasteiger partial charge in [0, 0.05) is 5.56 Å². The summed E-state index contributed by atoms with van der Waals surface area (Å²) in [5.41, 5.74) is 4.57. The third kappa shape index (κ3) is 3.41. The molecule has 0 atom stereocenters. The summed E-state index contributed by atoms with van der Waals surface area (Å²) in [6.07, 6.45) is 1.41. The lowest BCUT2D eigenvalue weighted by Gasteiger charge is -2.03. The quantitative estimate of drug-likeness (QED) is 0.537. The molecule has 0 unspecified atom stereocenters. The van der Waals surface area contributed by atoms with Gasteiger partial charge in [0.2, 0.25) is 6.79 Å². The number of benzene rings is 2. The second kappa shape index (κ2) is 7.32. The number of hydrogen-bond donors (Lipinski definition) is 1. The standard InChI is InChI=1S/C19H14ClFN4O3/c1-11-15(18(20)25(24-11)14-5-3-13(21)4-6-14)9-22-23-19(26)12-2-7-16-17(8-12)28-10-27-16/h2-9H,10H2,1H3,(H,23,26)/b22-9-. The molecular formula is C19H14ClFN4O3. The molecule has 0 saturated heterocycles. The van der Waals surface area contributed by atoms with Gasteiger partial charge in [-0.2, -0.15) is 10.2 Å². The fourth-order valence-corrected chi connectivity index (χ4v) is 2.99. The highest BCUT2D eigenvalue weighted by molar-refractivity contribution is 6.32. The average molecular weight is 401 g/mol. The molecule has 0 fully saturated rings. The summed E-state index contributed by atoms with van der Waals surface area (Å²) in [6, 6.07) is 10.6. The molecule has 2 aromatic carbocycles. The van der Waals surface area contributed by atoms with Crippen molar-refractivity contribution in [1.29, 1.82) is 0 Å². The van der Waals surface area contributed by atoms with Gasteiger partial charge in [-0.05, 0) is 49.4 Å². The van der Waals surface area contributed by atoms with E-state index in [1.54, 1.807) is 37.3 Å². The van der Waals surface area contributed by atoms with E-state index in [1.807, 2.05) is 0 Å². The molecule has 142 valence electrons. The molecule has 0 spiro atoms. The monoisotopic (exact) mass is 400 g/mol. The van der Waals surface area contributed by atoms with Crippen LogP contribution in [-0.4, -0.2) is 28.7 Å². The molecule has 3 aromatic rings. The summed E-state index contributed by atoms with van der Waals surface area (Å²) >= 11 is 6.37. The molecular weight excluding hydrogens is 387 g/mol. The van der Waals surface area contributed by atoms with Crippen LogP contribution < -0.4 is 14.9 Å². The van der Waals surface area contributed by atoms with Crippen molar-refractivity contribution in [3.8, 4) is 17.2 Å². The fraction of sp³-hybridized carbons (Fsp3) is 0.105. The number of carbonyl (C=O) groups is 1. The maximum Gasteiger partial charge on any atom is 0.271 e. The first-order valence-electron chi connectivity index (χ1n) is 8.27. The van der Waals surface area contributed by atoms with E-state index in [4.69, 9.17) is 21.1 Å². The van der Waals surface area contributed by atoms with Gasteiger partial charge in [0.1, 0.15) is 11.0 Å². The molecule has 0 aliphatic carbocycles. The predicted molar refractivity (Wildman–Crippen MR) is 101 cm³/mol. The van der Waals surface area contributed by atoms with Gasteiger partial charge in [-0.3, -0.25) is 4.79 Å². The highest BCUT2D eigenvalue weighted by Gasteiger charge is 2.16. The number of rotatable bonds is 4. The predicted octanol–water partition coefficient (Wildman–Crippen LogP) is 3.47. The average Bonchev–Trinajstić information content (AvgIpc) is 3.27. The molecule has 0 bridgehead atoms. The minimum Gasteiger partial charge on any atom is -0.454 e. The van der Waals surface area contributed by atoms with E-state index >= 15 is 0 Å². The van der Waals surface area contributed by atoms with Crippen LogP contribution in [-0.2, 0) is 0 Å². The SMILES string of the molecule is Cc1nn(-c2ccc(F)cc2)c(Cl)c1/C=N\NC(=O)c1ccc2c(c1)OCO2. The van der Waals surface area contributed by atoms with E-state index < -0.39 is 5.91 Å². The third-order valence-electron chi connectivity index (χ3n) is 4.11. The van der Waals surface area contributed by atoms with Gasteiger partial charge in [0.05, 0.1) is 23.2 Å². The van der Waals surface area contributed by atoms with Gasteiger partial charge < -0.3 is 9.47 Å². The van der Waals surface area contributed by atoms with Crippen LogP contribution in [0.4, 0.5) is 4.39 Å². The third-order valence-corrected chi connectivity index (χ3v) is 4.48. The Hall–Kier alpha value is -3.39. The first-order chi connectivity index (χ1) is 13.5. The molecule has 0 saturated carbocycles. The molecule has 0 radical (unpaired) electrons. The van der Waals surface area contributed by atoms with Crippen molar-refractivity contribution in [3.63, 3.8) is 0 Å². The number of nitrogens with one attached hydrogen (secondary N) is 1.